The largest absolute Gasteiger partial charge is 0.454 e. The number of Topliss-reactive ketones (excluding diaryl/α,β-unsaturated/α-hetero) is 1. The van der Waals surface area contributed by atoms with E-state index in [1.807, 2.05) is 36.4 Å². The Labute approximate surface area is 160 Å². The Kier molecular flexibility index (Phi) is 3.86. The summed E-state index contributed by atoms with van der Waals surface area (Å²) in [6.07, 6.45) is 0.905. The molecule has 0 N–H and O–H groups in total. The molecule has 5 nitrogen and oxygen atoms in total. The molecule has 138 valence electrons. The van der Waals surface area contributed by atoms with Gasteiger partial charge >= 0.3 is 5.63 Å². The number of rotatable bonds is 4. The van der Waals surface area contributed by atoms with Gasteiger partial charge in [-0.25, -0.2) is 4.79 Å². The number of fused-ring (bicyclic) bond motifs is 4. The molecule has 0 bridgehead atoms. The van der Waals surface area contributed by atoms with Gasteiger partial charge in [0, 0.05) is 17.4 Å². The van der Waals surface area contributed by atoms with Gasteiger partial charge in [-0.15, -0.1) is 0 Å². The molecule has 28 heavy (non-hydrogen) atoms. The molecule has 0 fully saturated rings. The van der Waals surface area contributed by atoms with Crippen LogP contribution in [0.1, 0.15) is 22.3 Å². The molecule has 0 spiro atoms. The highest BCUT2D eigenvalue weighted by Crippen LogP contribution is 2.33. The van der Waals surface area contributed by atoms with Crippen LogP contribution in [0.25, 0.3) is 21.7 Å². The van der Waals surface area contributed by atoms with E-state index in [-0.39, 0.29) is 18.2 Å². The van der Waals surface area contributed by atoms with Crippen molar-refractivity contribution >= 4 is 27.5 Å². The zero-order valence-corrected chi connectivity index (χ0v) is 14.9. The first kappa shape index (κ1) is 16.6. The zero-order chi connectivity index (χ0) is 19.1. The summed E-state index contributed by atoms with van der Waals surface area (Å²) in [5.74, 6) is 1.29. The molecule has 1 aromatic heterocycles. The lowest BCUT2D eigenvalue weighted by molar-refractivity contribution is 0.0982. The van der Waals surface area contributed by atoms with E-state index in [9.17, 15) is 9.59 Å². The molecular weight excluding hydrogens is 356 g/mol. The van der Waals surface area contributed by atoms with Crippen LogP contribution in [0.4, 0.5) is 0 Å². The summed E-state index contributed by atoms with van der Waals surface area (Å²) in [5.41, 5.74) is 1.73. The van der Waals surface area contributed by atoms with E-state index in [2.05, 4.69) is 0 Å². The lowest BCUT2D eigenvalue weighted by Gasteiger charge is -2.06. The first-order chi connectivity index (χ1) is 13.7. The van der Waals surface area contributed by atoms with Crippen molar-refractivity contribution in [3.8, 4) is 11.5 Å². The highest BCUT2D eigenvalue weighted by atomic mass is 16.7. The first-order valence-electron chi connectivity index (χ1n) is 9.06. The Bertz CT molecular complexity index is 1290. The van der Waals surface area contributed by atoms with Crippen LogP contribution in [0.15, 0.2) is 69.9 Å². The topological polar surface area (TPSA) is 65.7 Å². The van der Waals surface area contributed by atoms with E-state index in [0.29, 0.717) is 40.9 Å². The predicted octanol–water partition coefficient (Wildman–Crippen LogP) is 4.49. The fourth-order valence-corrected chi connectivity index (χ4v) is 3.55. The zero-order valence-electron chi connectivity index (χ0n) is 14.9. The minimum Gasteiger partial charge on any atom is -0.454 e. The van der Waals surface area contributed by atoms with Crippen molar-refractivity contribution in [2.24, 2.45) is 0 Å². The maximum absolute atomic E-state index is 12.5. The molecule has 4 aromatic rings. The Hall–Kier alpha value is -3.60. The molecule has 2 heterocycles. The van der Waals surface area contributed by atoms with Crippen molar-refractivity contribution in [2.75, 3.05) is 6.79 Å². The minimum absolute atomic E-state index is 0.0263. The molecule has 0 radical (unpaired) electrons. The Balaban J connectivity index is 1.40. The lowest BCUT2D eigenvalue weighted by Crippen LogP contribution is -2.02. The molecule has 0 atom stereocenters. The third kappa shape index (κ3) is 2.81. The van der Waals surface area contributed by atoms with Gasteiger partial charge in [-0.05, 0) is 47.7 Å². The predicted molar refractivity (Wildman–Crippen MR) is 105 cm³/mol. The van der Waals surface area contributed by atoms with Gasteiger partial charge in [0.05, 0.1) is 5.39 Å². The number of aryl methyl sites for hydroxylation is 1. The van der Waals surface area contributed by atoms with Crippen molar-refractivity contribution in [1.29, 1.82) is 0 Å². The van der Waals surface area contributed by atoms with E-state index in [1.165, 1.54) is 0 Å². The van der Waals surface area contributed by atoms with Crippen LogP contribution in [0.3, 0.4) is 0 Å². The van der Waals surface area contributed by atoms with E-state index in [4.69, 9.17) is 13.9 Å². The second kappa shape index (κ2) is 6.53. The summed E-state index contributed by atoms with van der Waals surface area (Å²) in [6, 6.07) is 18.4. The number of hydrogen-bond acceptors (Lipinski definition) is 5. The molecular formula is C23H16O5. The number of hydrogen-bond donors (Lipinski definition) is 0. The SMILES string of the molecule is O=C(CCc1ccc2c(c1)oc(=O)c1ccccc12)c1ccc2c(c1)OCO2. The lowest BCUT2D eigenvalue weighted by atomic mass is 10.0. The number of ketones is 1. The second-order valence-electron chi connectivity index (χ2n) is 6.76. The monoisotopic (exact) mass is 372 g/mol. The van der Waals surface area contributed by atoms with Gasteiger partial charge < -0.3 is 13.9 Å². The third-order valence-electron chi connectivity index (χ3n) is 5.02. The molecule has 0 unspecified atom stereocenters. The maximum Gasteiger partial charge on any atom is 0.344 e. The van der Waals surface area contributed by atoms with Gasteiger partial charge in [0.2, 0.25) is 6.79 Å². The maximum atomic E-state index is 12.5. The van der Waals surface area contributed by atoms with Gasteiger partial charge in [-0.3, -0.25) is 4.79 Å². The van der Waals surface area contributed by atoms with Crippen LogP contribution in [0, 0.1) is 0 Å². The number of carbonyl (C=O) groups is 1. The second-order valence-corrected chi connectivity index (χ2v) is 6.76. The summed E-state index contributed by atoms with van der Waals surface area (Å²) in [5, 5.41) is 2.33. The van der Waals surface area contributed by atoms with E-state index in [1.54, 1.807) is 24.3 Å². The van der Waals surface area contributed by atoms with Crippen LogP contribution >= 0.6 is 0 Å². The molecule has 0 aliphatic carbocycles. The summed E-state index contributed by atoms with van der Waals surface area (Å²) in [7, 11) is 0. The van der Waals surface area contributed by atoms with E-state index < -0.39 is 0 Å². The Morgan fingerprint density at radius 2 is 1.68 bits per heavy atom. The van der Waals surface area contributed by atoms with Crippen LogP contribution in [-0.4, -0.2) is 12.6 Å². The summed E-state index contributed by atoms with van der Waals surface area (Å²) in [6.45, 7) is 0.184. The van der Waals surface area contributed by atoms with Crippen LogP contribution in [0.5, 0.6) is 11.5 Å². The highest BCUT2D eigenvalue weighted by Gasteiger charge is 2.16. The molecule has 0 amide bonds. The fourth-order valence-electron chi connectivity index (χ4n) is 3.55. The number of carbonyl (C=O) groups excluding carboxylic acids is 1. The number of benzene rings is 3. The van der Waals surface area contributed by atoms with Crippen molar-refractivity contribution in [3.63, 3.8) is 0 Å². The van der Waals surface area contributed by atoms with Gasteiger partial charge in [-0.1, -0.05) is 30.3 Å². The first-order valence-corrected chi connectivity index (χ1v) is 9.06. The van der Waals surface area contributed by atoms with Crippen molar-refractivity contribution < 1.29 is 18.7 Å². The average Bonchev–Trinajstić information content (AvgIpc) is 3.20. The van der Waals surface area contributed by atoms with E-state index >= 15 is 0 Å². The highest BCUT2D eigenvalue weighted by molar-refractivity contribution is 6.04. The quantitative estimate of drug-likeness (QED) is 0.300. The van der Waals surface area contributed by atoms with Crippen molar-refractivity contribution in [3.05, 3.63) is 82.2 Å². The van der Waals surface area contributed by atoms with Crippen molar-refractivity contribution in [1.82, 2.24) is 0 Å². The molecule has 1 aliphatic rings. The van der Waals surface area contributed by atoms with Gasteiger partial charge in [-0.2, -0.15) is 0 Å². The minimum atomic E-state index is -0.350. The Morgan fingerprint density at radius 1 is 0.857 bits per heavy atom. The van der Waals surface area contributed by atoms with Gasteiger partial charge in [0.1, 0.15) is 5.58 Å². The average molecular weight is 372 g/mol. The molecule has 5 heteroatoms. The smallest absolute Gasteiger partial charge is 0.344 e. The van der Waals surface area contributed by atoms with Gasteiger partial charge in [0.15, 0.2) is 17.3 Å². The molecule has 3 aromatic carbocycles. The fraction of sp³-hybridized carbons (Fsp3) is 0.130. The summed E-state index contributed by atoms with van der Waals surface area (Å²) in [4.78, 5) is 24.7. The van der Waals surface area contributed by atoms with E-state index in [0.717, 1.165) is 16.3 Å². The Morgan fingerprint density at radius 3 is 2.57 bits per heavy atom. The van der Waals surface area contributed by atoms with Crippen LogP contribution in [0.2, 0.25) is 0 Å². The summed E-state index contributed by atoms with van der Waals surface area (Å²) >= 11 is 0. The normalized spacial score (nSPS) is 12.6. The molecule has 1 aliphatic heterocycles. The molecule has 0 saturated carbocycles. The number of ether oxygens (including phenoxy) is 2. The van der Waals surface area contributed by atoms with Crippen LogP contribution in [-0.2, 0) is 6.42 Å². The van der Waals surface area contributed by atoms with Gasteiger partial charge in [0.25, 0.3) is 0 Å². The molecule has 5 rings (SSSR count). The molecule has 0 saturated heterocycles. The van der Waals surface area contributed by atoms with Crippen molar-refractivity contribution in [2.45, 2.75) is 12.8 Å². The summed E-state index contributed by atoms with van der Waals surface area (Å²) < 4.78 is 16.1. The standard InChI is InChI=1S/C23H16O5/c24-19(15-7-10-20-22(12-15)27-13-26-20)9-6-14-5-8-17-16-3-1-2-4-18(16)23(25)28-21(17)11-14/h1-5,7-8,10-12H,6,9,13H2. The third-order valence-corrected chi connectivity index (χ3v) is 5.02. The van der Waals surface area contributed by atoms with Crippen LogP contribution < -0.4 is 15.1 Å².